The summed E-state index contributed by atoms with van der Waals surface area (Å²) in [4.78, 5) is 66.7. The summed E-state index contributed by atoms with van der Waals surface area (Å²) in [5.41, 5.74) is -7.51. The van der Waals surface area contributed by atoms with Crippen molar-refractivity contribution in [2.75, 3.05) is 64.3 Å². The number of nitrogen functional groups attached to an aromatic ring is 2. The van der Waals surface area contributed by atoms with E-state index in [-0.39, 0.29) is 43.7 Å². The second-order valence-electron chi connectivity index (χ2n) is 35.4. The van der Waals surface area contributed by atoms with Crippen molar-refractivity contribution in [3.05, 3.63) is 186 Å². The average molecular weight is 2310 g/mol. The van der Waals surface area contributed by atoms with Crippen molar-refractivity contribution in [2.45, 2.75) is 248 Å². The van der Waals surface area contributed by atoms with Gasteiger partial charge in [0.05, 0.1) is 65.2 Å². The fourth-order valence-corrected chi connectivity index (χ4v) is 18.2. The Hall–Kier alpha value is -8.16. The molecule has 8 aliphatic heterocycles. The number of halogens is 12. The van der Waals surface area contributed by atoms with Gasteiger partial charge in [-0.25, -0.2) is 62.9 Å². The predicted molar refractivity (Wildman–Crippen MR) is 511 cm³/mol. The largest absolute Gasteiger partial charge is 0.394 e. The molecule has 26 N–H and O–H groups in total. The number of hydrogen-bond donors (Lipinski definition) is 24. The van der Waals surface area contributed by atoms with Crippen LogP contribution in [0.2, 0.25) is 0 Å². The highest BCUT2D eigenvalue weighted by Gasteiger charge is 2.62. The SMILES string of the molecule is CC1(O)[C@@H](F)[C@@H](CO)O[C@H]1n1cc(F)c(=O)[nH]c1=S.CC1(O)[C@@H](F)[C@@H](CO)O[C@H]1n1cc(F)c(=S)[nH]c1=O.CC1(O)[C@@H](F)[C@@H](CO)O[C@H]1n1cc(F)c(=S)[nH]c1=S.CC1(O)[C@@H](F)[C@@H](CO)O[C@H]1n1cc(F)c(N)nc1=S.CC1(O)[C@@H](F)[C@@H](CO)O[C@H]1n1ccc(=O)[nH]c1=S.CC1(O)[C@@H](F)[C@@H](CO)O[C@H]1n1ccc(=S)[nH]c1=O.CC1(O)[C@@H](F)[C@@H](CO)O[C@H]1n1ccc(=S)[nH]c1=S.CC1(O)[C@@H](F)[C@@H](CO)O[C@H]1n1ccc(N)nc1=S. The molecule has 0 radical (unpaired) electrons. The Morgan fingerprint density at radius 3 is 0.885 bits per heavy atom. The zero-order chi connectivity index (χ0) is 111. The highest BCUT2D eigenvalue weighted by atomic mass is 32.1. The van der Waals surface area contributed by atoms with Gasteiger partial charge < -0.3 is 141 Å². The average Bonchev–Trinajstić information content (AvgIpc) is 1.66. The smallest absolute Gasteiger partial charge is 0.328 e. The zero-order valence-corrected chi connectivity index (χ0v) is 85.9. The van der Waals surface area contributed by atoms with E-state index in [1.165, 1.54) is 98.2 Å². The predicted octanol–water partition coefficient (Wildman–Crippen LogP) is 2.95. The lowest BCUT2D eigenvalue weighted by molar-refractivity contribution is -0.0936. The number of aliphatic hydroxyl groups excluding tert-OH is 8. The number of alkyl halides is 8. The molecular weight excluding hydrogens is 2210 g/mol. The minimum atomic E-state index is -2.08. The van der Waals surface area contributed by atoms with Gasteiger partial charge in [0.25, 0.3) is 11.1 Å². The maximum Gasteiger partial charge on any atom is 0.328 e. The van der Waals surface area contributed by atoms with Crippen molar-refractivity contribution in [3.63, 3.8) is 0 Å². The third-order valence-corrected chi connectivity index (χ3v) is 27.0. The number of aromatic nitrogens is 16. The van der Waals surface area contributed by atoms with Crippen LogP contribution in [0.3, 0.4) is 0 Å². The standard InChI is InChI=1S/C10H13F2N3O3S.2C10H12F2N2O4S.C10H12F2N2O3S2.C10H14FN3O3S.2C10H13FN2O4S.C10H13FN2O3S2/c1-10(17)6(12)5(3-16)18-8(10)15-2-4(11)7(13)14-9(15)19;1-10(17)6(12)5(3-15)18-8(10)14-2-4(11)7(19)13-9(14)16;1-10(17)6(12)5(3-15)18-8(10)14-2-4(11)7(16)13-9(14)19;1-10(16)6(12)5(3-15)17-8(10)14-2-4(11)7(18)13-9(14)19;1-10(16)7(11)5(4-15)17-8(10)14-3-2-6(12)13-9(14)18;1-10(16)7(11)5(4-14)17-8(10)13-3-2-6(18)12-9(13)15;1-10(16)7(11)5(4-14)17-8(10)13-3-2-6(15)12-9(13)18;1-10(15)7(11)5(4-14)16-8(10)13-3-2-6(17)12-9(13)18/h2,5-6,8,16-17H,3H2,1H3,(H2,13,14,19);2*2,5-6,8,15,17H,3H2,1H3,(H,13,16,19);2,5-6,8,15-16H,3H2,1H3,(H,13,18,19);2-3,5,7-8,15-16H,4H2,1H3,(H2,12,13,18);2*2-3,5,7-8,14,16H,4H2,1H3,(H,12,15,18);2-3,5,7-8,14-15H,4H2,1H3,(H,12,17,18)/t4*5-,6+,8-,10?;4*5-,7+,8-,10?/m11111111/s1. The van der Waals surface area contributed by atoms with Crippen molar-refractivity contribution in [2.24, 2.45) is 0 Å². The van der Waals surface area contributed by atoms with Gasteiger partial charge in [-0.05, 0) is 147 Å². The van der Waals surface area contributed by atoms with Crippen LogP contribution in [-0.4, -0.2) is 354 Å². The van der Waals surface area contributed by atoms with Gasteiger partial charge in [0.1, 0.15) is 118 Å². The third-order valence-electron chi connectivity index (χ3n) is 24.1. The molecule has 8 aromatic rings. The number of rotatable bonds is 16. The minimum Gasteiger partial charge on any atom is -0.394 e. The van der Waals surface area contributed by atoms with Gasteiger partial charge in [-0.1, -0.05) is 48.9 Å². The second-order valence-corrected chi connectivity index (χ2v) is 39.4. The summed E-state index contributed by atoms with van der Waals surface area (Å²) in [7, 11) is 0. The Labute approximate surface area is 875 Å². The van der Waals surface area contributed by atoms with E-state index in [2.05, 4.69) is 54.3 Å². The number of anilines is 2. The molecule has 32 atom stereocenters. The Kier molecular flexibility index (Phi) is 40.9. The van der Waals surface area contributed by atoms with E-state index in [0.717, 1.165) is 56.9 Å². The third kappa shape index (κ3) is 25.9. The molecule has 824 valence electrons. The first-order valence-corrected chi connectivity index (χ1v) is 47.1. The van der Waals surface area contributed by atoms with Gasteiger partial charge in [0.15, 0.2) is 142 Å². The molecule has 8 fully saturated rings. The topological polar surface area (TPSA) is 678 Å². The summed E-state index contributed by atoms with van der Waals surface area (Å²) in [6.07, 6.45) is -24.7. The molecule has 0 spiro atoms. The summed E-state index contributed by atoms with van der Waals surface area (Å²) >= 11 is 48.5. The van der Waals surface area contributed by atoms with Gasteiger partial charge in [0.2, 0.25) is 15.4 Å². The fraction of sp³-hybridized carbons (Fsp3) is 0.600. The maximum absolute atomic E-state index is 13.9. The highest BCUT2D eigenvalue weighted by molar-refractivity contribution is 7.73. The quantitative estimate of drug-likeness (QED) is 0.0488. The van der Waals surface area contributed by atoms with Crippen LogP contribution in [0.1, 0.15) is 105 Å². The monoisotopic (exact) mass is 2310 g/mol. The van der Waals surface area contributed by atoms with Crippen molar-refractivity contribution in [3.8, 4) is 0 Å². The molecule has 16 rings (SSSR count). The van der Waals surface area contributed by atoms with Crippen molar-refractivity contribution >= 4 is 134 Å². The van der Waals surface area contributed by atoms with Crippen LogP contribution in [0, 0.1) is 70.5 Å². The van der Waals surface area contributed by atoms with Crippen LogP contribution in [0.15, 0.2) is 93.0 Å². The summed E-state index contributed by atoms with van der Waals surface area (Å²) < 4.78 is 215. The van der Waals surface area contributed by atoms with E-state index in [4.69, 9.17) is 188 Å². The number of aromatic amines is 6. The summed E-state index contributed by atoms with van der Waals surface area (Å²) in [6.45, 7) is 4.97. The van der Waals surface area contributed by atoms with Crippen LogP contribution in [0.25, 0.3) is 0 Å². The molecule has 148 heavy (non-hydrogen) atoms. The molecule has 0 aliphatic carbocycles. The molecule has 0 aromatic carbocycles. The molecule has 46 nitrogen and oxygen atoms in total. The van der Waals surface area contributed by atoms with Gasteiger partial charge in [-0.3, -0.25) is 66.1 Å². The zero-order valence-electron chi connectivity index (χ0n) is 77.7. The number of nitrogens with one attached hydrogen (secondary N) is 6. The van der Waals surface area contributed by atoms with Crippen molar-refractivity contribution in [1.29, 1.82) is 0 Å². The molecule has 8 unspecified atom stereocenters. The molecule has 68 heteroatoms. The lowest BCUT2D eigenvalue weighted by Gasteiger charge is -2.27. The number of ether oxygens (including phenoxy) is 8. The number of H-pyrrole nitrogens is 6. The van der Waals surface area contributed by atoms with Gasteiger partial charge in [-0.15, -0.1) is 0 Å². The summed E-state index contributed by atoms with van der Waals surface area (Å²) in [5, 5.41) is 153. The molecule has 16 heterocycles. The first kappa shape index (κ1) is 123. The lowest BCUT2D eigenvalue weighted by Crippen LogP contribution is -2.44. The van der Waals surface area contributed by atoms with Crippen LogP contribution >= 0.6 is 122 Å². The lowest BCUT2D eigenvalue weighted by atomic mass is 9.98. The molecule has 8 saturated heterocycles. The van der Waals surface area contributed by atoms with Gasteiger partial charge in [0, 0.05) is 43.2 Å². The molecule has 0 amide bonds. The first-order chi connectivity index (χ1) is 68.6. The van der Waals surface area contributed by atoms with Crippen LogP contribution in [-0.2, 0) is 37.9 Å². The van der Waals surface area contributed by atoms with Crippen LogP contribution in [0.4, 0.5) is 64.3 Å². The minimum absolute atomic E-state index is 0.0116. The number of nitrogens with two attached hydrogens (primary N) is 2. The maximum atomic E-state index is 13.9. The summed E-state index contributed by atoms with van der Waals surface area (Å²) in [5.74, 6) is -3.85. The Bertz CT molecular complexity index is 6450. The molecule has 0 bridgehead atoms. The number of hydrogen-bond acceptors (Lipinski definition) is 42. The van der Waals surface area contributed by atoms with Crippen molar-refractivity contribution < 1.29 is 172 Å². The normalized spacial score (nSPS) is 35.3. The van der Waals surface area contributed by atoms with E-state index in [1.54, 1.807) is 6.07 Å². The molecule has 8 aliphatic rings. The first-order valence-electron chi connectivity index (χ1n) is 43.0. The van der Waals surface area contributed by atoms with E-state index in [1.807, 2.05) is 9.97 Å². The van der Waals surface area contributed by atoms with Gasteiger partial charge in [-0.2, -0.15) is 9.37 Å². The van der Waals surface area contributed by atoms with E-state index < -0.39 is 302 Å². The highest BCUT2D eigenvalue weighted by Crippen LogP contribution is 2.48. The number of aliphatic hydroxyl groups is 16. The van der Waals surface area contributed by atoms with Crippen molar-refractivity contribution in [1.82, 2.24) is 76.4 Å². The summed E-state index contributed by atoms with van der Waals surface area (Å²) in [6, 6.07) is 5.64. The Balaban J connectivity index is 0.000000188. The molecule has 8 aromatic heterocycles. The van der Waals surface area contributed by atoms with Crippen LogP contribution in [0.5, 0.6) is 0 Å². The van der Waals surface area contributed by atoms with E-state index in [9.17, 15) is 113 Å². The Morgan fingerprint density at radius 2 is 0.554 bits per heavy atom. The Morgan fingerprint density at radius 1 is 0.304 bits per heavy atom. The fourth-order valence-electron chi connectivity index (χ4n) is 15.9. The second kappa shape index (κ2) is 49.1. The molecule has 0 saturated carbocycles. The molecular formula is C80H102F12N18O28S10. The van der Waals surface area contributed by atoms with Crippen LogP contribution < -0.4 is 34.0 Å². The van der Waals surface area contributed by atoms with E-state index >= 15 is 0 Å². The van der Waals surface area contributed by atoms with E-state index in [0.29, 0.717) is 9.21 Å². The number of nitrogens with zero attached hydrogens (tertiary/aromatic N) is 10. The van der Waals surface area contributed by atoms with Gasteiger partial charge >= 0.3 is 11.4 Å².